The Morgan fingerprint density at radius 3 is 2.05 bits per heavy atom. The second-order valence-corrected chi connectivity index (χ2v) is 20.9. The van der Waals surface area contributed by atoms with Crippen LogP contribution in [0.1, 0.15) is 110 Å². The van der Waals surface area contributed by atoms with Gasteiger partial charge in [0.25, 0.3) is 17.7 Å². The third kappa shape index (κ3) is 14.3. The van der Waals surface area contributed by atoms with Crippen molar-refractivity contribution in [1.82, 2.24) is 19.4 Å². The number of ether oxygens (including phenoxy) is 5. The third-order valence-corrected chi connectivity index (χ3v) is 14.7. The van der Waals surface area contributed by atoms with E-state index in [4.69, 9.17) is 23.7 Å². The molecular weight excluding hydrogens is 1040 g/mol. The van der Waals surface area contributed by atoms with E-state index in [2.05, 4.69) is 33.2 Å². The Morgan fingerprint density at radius 2 is 1.40 bits per heavy atom. The van der Waals surface area contributed by atoms with Crippen LogP contribution in [0, 0.1) is 11.8 Å². The Hall–Kier alpha value is -8.43. The normalized spacial score (nSPS) is 17.6. The molecule has 2 aromatic heterocycles. The van der Waals surface area contributed by atoms with E-state index in [1.807, 2.05) is 39.1 Å². The summed E-state index contributed by atoms with van der Waals surface area (Å²) in [5, 5.41) is 14.2. The van der Waals surface area contributed by atoms with Gasteiger partial charge in [-0.3, -0.25) is 28.8 Å². The maximum absolute atomic E-state index is 14.3. The van der Waals surface area contributed by atoms with Crippen LogP contribution in [0.2, 0.25) is 0 Å². The second kappa shape index (κ2) is 26.7. The smallest absolute Gasteiger partial charge is 0.416 e. The highest BCUT2D eigenvalue weighted by Crippen LogP contribution is 2.42. The fourth-order valence-corrected chi connectivity index (χ4v) is 9.87. The Balaban J connectivity index is 0.836. The van der Waals surface area contributed by atoms with Crippen LogP contribution in [0.5, 0.6) is 11.5 Å². The molecule has 5 atom stereocenters. The molecule has 0 aliphatic carbocycles. The van der Waals surface area contributed by atoms with Crippen molar-refractivity contribution in [3.8, 4) is 22.6 Å². The van der Waals surface area contributed by atoms with Gasteiger partial charge < -0.3 is 64.3 Å². The molecule has 0 bridgehead atoms. The van der Waals surface area contributed by atoms with Crippen molar-refractivity contribution < 1.29 is 57.2 Å². The van der Waals surface area contributed by atoms with E-state index < -0.39 is 36.6 Å². The van der Waals surface area contributed by atoms with E-state index in [1.165, 1.54) is 18.1 Å². The van der Waals surface area contributed by atoms with Crippen LogP contribution in [0.3, 0.4) is 0 Å². The molecule has 3 aliphatic heterocycles. The highest BCUT2D eigenvalue weighted by Gasteiger charge is 2.47. The summed E-state index contributed by atoms with van der Waals surface area (Å²) < 4.78 is 33.4. The number of aromatic nitrogens is 2. The number of aryl methyl sites for hydroxylation is 2. The molecule has 21 heteroatoms. The number of nitrogens with zero attached hydrogens (tertiary/aromatic N) is 4. The zero-order chi connectivity index (χ0) is 57.9. The lowest BCUT2D eigenvalue weighted by molar-refractivity contribution is -0.198. The van der Waals surface area contributed by atoms with Crippen molar-refractivity contribution in [3.05, 3.63) is 115 Å². The van der Waals surface area contributed by atoms with Crippen LogP contribution >= 0.6 is 0 Å². The molecule has 0 spiro atoms. The van der Waals surface area contributed by atoms with Gasteiger partial charge in [0.1, 0.15) is 24.0 Å². The first kappa shape index (κ1) is 58.7. The lowest BCUT2D eigenvalue weighted by Crippen LogP contribution is -2.57. The average Bonchev–Trinajstić information content (AvgIpc) is 4.22. The highest BCUT2D eigenvalue weighted by atomic mass is 16.7. The minimum atomic E-state index is -0.918. The summed E-state index contributed by atoms with van der Waals surface area (Å²) >= 11 is 0. The van der Waals surface area contributed by atoms with Crippen molar-refractivity contribution in [2.45, 2.75) is 104 Å². The Bertz CT molecular complexity index is 3110. The maximum Gasteiger partial charge on any atom is 0.416 e. The summed E-state index contributed by atoms with van der Waals surface area (Å²) in [6.45, 7) is 12.1. The van der Waals surface area contributed by atoms with Crippen LogP contribution in [0.15, 0.2) is 97.8 Å². The average molecular weight is 1110 g/mol. The van der Waals surface area contributed by atoms with Crippen LogP contribution in [0.25, 0.3) is 11.1 Å². The minimum Gasteiger partial charge on any atom is -0.493 e. The quantitative estimate of drug-likeness (QED) is 0.0341. The van der Waals surface area contributed by atoms with Crippen LogP contribution in [-0.2, 0) is 42.7 Å². The van der Waals surface area contributed by atoms with E-state index in [9.17, 15) is 33.6 Å². The lowest BCUT2D eigenvalue weighted by Gasteiger charge is -2.42. The van der Waals surface area contributed by atoms with Gasteiger partial charge in [0.05, 0.1) is 36.7 Å². The molecule has 81 heavy (non-hydrogen) atoms. The third-order valence-electron chi connectivity index (χ3n) is 14.7. The van der Waals surface area contributed by atoms with Gasteiger partial charge in [0, 0.05) is 80.7 Å². The van der Waals surface area contributed by atoms with Gasteiger partial charge in [0.15, 0.2) is 24.0 Å². The molecule has 5 heterocycles. The molecule has 2 saturated heterocycles. The molecule has 430 valence electrons. The first-order valence-corrected chi connectivity index (χ1v) is 27.5. The van der Waals surface area contributed by atoms with Crippen LogP contribution in [-0.4, -0.2) is 114 Å². The van der Waals surface area contributed by atoms with E-state index in [0.717, 1.165) is 36.8 Å². The van der Waals surface area contributed by atoms with Gasteiger partial charge in [-0.1, -0.05) is 45.6 Å². The molecule has 8 rings (SSSR count). The van der Waals surface area contributed by atoms with Gasteiger partial charge in [-0.05, 0) is 118 Å². The number of nitrogens with one attached hydrogen (secondary N) is 5. The van der Waals surface area contributed by atoms with Gasteiger partial charge in [-0.25, -0.2) is 9.69 Å². The monoisotopic (exact) mass is 1110 g/mol. The highest BCUT2D eigenvalue weighted by molar-refractivity contribution is 6.07. The topological polar surface area (TPSA) is 242 Å². The maximum atomic E-state index is 14.3. The summed E-state index contributed by atoms with van der Waals surface area (Å²) in [6, 6.07) is 19.2. The number of hydrogen-bond donors (Lipinski definition) is 5. The number of carbonyl (C=O) groups is 7. The molecule has 5 aromatic rings. The molecule has 3 aliphatic rings. The zero-order valence-electron chi connectivity index (χ0n) is 47.0. The largest absolute Gasteiger partial charge is 0.493 e. The number of rotatable bonds is 21. The molecule has 3 aromatic carbocycles. The molecule has 0 saturated carbocycles. The lowest BCUT2D eigenvalue weighted by atomic mass is 9.97. The summed E-state index contributed by atoms with van der Waals surface area (Å²) in [7, 11) is 4.93. The fourth-order valence-electron chi connectivity index (χ4n) is 9.87. The number of carbonyl (C=O) groups excluding carboxylic acids is 7. The second-order valence-electron chi connectivity index (χ2n) is 20.9. The molecule has 7 amide bonds. The Kier molecular flexibility index (Phi) is 19.3. The standard InChI is InChI=1S/C60H73N9O12/c1-9-27-80-60(76)69-47-33-51(50(77-8)32-45(47)58(75)68-26-12-10-15-46(68)59(69)81-53-17-11-13-28-79-53)78-29-14-16-52(70)62-44-31-49(67(7)35-44)57(74)64-41-20-18-39(19-21-41)40-30-48(66(6)34-40)56(73)65-43-24-22-42(23-25-43)63-55(72)38(5)61-54(71)37(4)36(2)3/h9,18-25,30-38,46,53,59H,1,10-17,26-29H2,2-8H3,(H,61,71)(H,62,70)(H,63,72)(H,64,74)(H,65,73)/t37-,38-,46-,53?,59?/m0/s1. The number of methoxy groups -OCH3 is 1. The molecular formula is C60H73N9O12. The number of benzene rings is 3. The first-order chi connectivity index (χ1) is 38.9. The van der Waals surface area contributed by atoms with E-state index >= 15 is 0 Å². The minimum absolute atomic E-state index is 0.0622. The summed E-state index contributed by atoms with van der Waals surface area (Å²) in [4.78, 5) is 96.8. The number of hydrogen-bond acceptors (Lipinski definition) is 12. The molecule has 0 radical (unpaired) electrons. The predicted molar refractivity (Wildman–Crippen MR) is 306 cm³/mol. The van der Waals surface area contributed by atoms with Crippen molar-refractivity contribution >= 4 is 70.0 Å². The molecule has 21 nitrogen and oxygen atoms in total. The molecule has 5 N–H and O–H groups in total. The number of piperidine rings is 1. The van der Waals surface area contributed by atoms with Crippen molar-refractivity contribution in [1.29, 1.82) is 0 Å². The van der Waals surface area contributed by atoms with E-state index in [1.54, 1.807) is 102 Å². The van der Waals surface area contributed by atoms with Gasteiger partial charge in [-0.15, -0.1) is 0 Å². The first-order valence-electron chi connectivity index (χ1n) is 27.5. The van der Waals surface area contributed by atoms with Crippen molar-refractivity contribution in [2.24, 2.45) is 25.9 Å². The summed E-state index contributed by atoms with van der Waals surface area (Å²) in [6.07, 6.45) is 7.77. The zero-order valence-corrected chi connectivity index (χ0v) is 47.0. The molecule has 2 fully saturated rings. The van der Waals surface area contributed by atoms with Crippen molar-refractivity contribution in [3.63, 3.8) is 0 Å². The van der Waals surface area contributed by atoms with E-state index in [0.29, 0.717) is 60.1 Å². The number of anilines is 5. The van der Waals surface area contributed by atoms with Crippen molar-refractivity contribution in [2.75, 3.05) is 59.6 Å². The predicted octanol–water partition coefficient (Wildman–Crippen LogP) is 9.08. The fraction of sp³-hybridized carbons (Fsp3) is 0.417. The molecule has 2 unspecified atom stereocenters. The Labute approximate surface area is 471 Å². The number of amides is 7. The Morgan fingerprint density at radius 1 is 0.741 bits per heavy atom. The summed E-state index contributed by atoms with van der Waals surface area (Å²) in [5.74, 6) is -1.45. The number of fused-ring (bicyclic) bond motifs is 2. The van der Waals surface area contributed by atoms with Crippen LogP contribution in [0.4, 0.5) is 33.2 Å². The van der Waals surface area contributed by atoms with Gasteiger partial charge >= 0.3 is 6.09 Å². The van der Waals surface area contributed by atoms with Crippen LogP contribution < -0.4 is 41.0 Å². The SMILES string of the molecule is C=CCOC(=O)N1c2cc(OCCCC(=O)Nc3cc(C(=O)Nc4ccc(-c5cc(C(=O)Nc6ccc(NC(=O)[C@H](C)NC(=O)[C@@H](C)C(C)C)cc6)n(C)c5)cc4)n(C)c3)c(OC)cc2C(=O)N2CCCC[C@H]2C1OC1CCCCO1. The van der Waals surface area contributed by atoms with Gasteiger partial charge in [-0.2, -0.15) is 0 Å². The van der Waals surface area contributed by atoms with Gasteiger partial charge in [0.2, 0.25) is 17.7 Å². The van der Waals surface area contributed by atoms with E-state index in [-0.39, 0.29) is 90.2 Å². The summed E-state index contributed by atoms with van der Waals surface area (Å²) in [5.41, 5.74) is 4.73.